The predicted octanol–water partition coefficient (Wildman–Crippen LogP) is 5.07. The van der Waals surface area contributed by atoms with Gasteiger partial charge in [0.25, 0.3) is 5.56 Å². The van der Waals surface area contributed by atoms with Crippen molar-refractivity contribution in [3.05, 3.63) is 82.3 Å². The van der Waals surface area contributed by atoms with E-state index in [9.17, 15) is 9.36 Å². The van der Waals surface area contributed by atoms with Gasteiger partial charge in [-0.2, -0.15) is 4.52 Å². The van der Waals surface area contributed by atoms with Gasteiger partial charge in [-0.3, -0.25) is 9.89 Å². The molecule has 3 N–H and O–H groups in total. The van der Waals surface area contributed by atoms with Crippen molar-refractivity contribution in [2.24, 2.45) is 0 Å². The van der Waals surface area contributed by atoms with Crippen LogP contribution in [0.4, 0.5) is 0 Å². The summed E-state index contributed by atoms with van der Waals surface area (Å²) in [4.78, 5) is 36.2. The molecule has 0 radical (unpaired) electrons. The van der Waals surface area contributed by atoms with E-state index in [0.29, 0.717) is 28.2 Å². The Morgan fingerprint density at radius 1 is 1.03 bits per heavy atom. The summed E-state index contributed by atoms with van der Waals surface area (Å²) in [5.74, 6) is 0.344. The minimum absolute atomic E-state index is 0.212. The number of phosphoric ester groups is 1. The zero-order valence-corrected chi connectivity index (χ0v) is 20.6. The van der Waals surface area contributed by atoms with E-state index in [2.05, 4.69) is 15.7 Å². The van der Waals surface area contributed by atoms with E-state index in [1.54, 1.807) is 24.3 Å². The van der Waals surface area contributed by atoms with E-state index in [-0.39, 0.29) is 5.56 Å². The molecule has 186 valence electrons. The minimum Gasteiger partial charge on any atom is -0.467 e. The topological polar surface area (TPSA) is 126 Å². The first kappa shape index (κ1) is 24.2. The number of phosphoric acid groups is 1. The second kappa shape index (κ2) is 9.87. The molecule has 0 spiro atoms. The van der Waals surface area contributed by atoms with E-state index in [1.165, 1.54) is 10.1 Å². The largest absolute Gasteiger partial charge is 0.472 e. The highest BCUT2D eigenvalue weighted by Crippen LogP contribution is 2.37. The fraction of sp³-hybridized carbons (Fsp3) is 0.231. The number of allylic oxidation sites excluding steroid dienone is 2. The van der Waals surface area contributed by atoms with Crippen LogP contribution in [0, 0.1) is 6.92 Å². The smallest absolute Gasteiger partial charge is 0.467 e. The first-order valence-electron chi connectivity index (χ1n) is 11.7. The fourth-order valence-electron chi connectivity index (χ4n) is 4.57. The molecule has 2 aromatic carbocycles. The number of nitrogens with zero attached hydrogens (tertiary/aromatic N) is 2. The number of rotatable bonds is 7. The van der Waals surface area contributed by atoms with Crippen LogP contribution in [0.2, 0.25) is 0 Å². The third kappa shape index (κ3) is 4.92. The van der Waals surface area contributed by atoms with E-state index in [0.717, 1.165) is 42.5 Å². The van der Waals surface area contributed by atoms with Crippen LogP contribution in [0.5, 0.6) is 5.75 Å². The monoisotopic (exact) mass is 507 g/mol. The lowest BCUT2D eigenvalue weighted by molar-refractivity contribution is 0.0829. The van der Waals surface area contributed by atoms with Gasteiger partial charge in [0.05, 0.1) is 17.0 Å². The highest BCUT2D eigenvalue weighted by molar-refractivity contribution is 7.46. The van der Waals surface area contributed by atoms with Gasteiger partial charge in [-0.25, -0.2) is 14.1 Å². The van der Waals surface area contributed by atoms with E-state index >= 15 is 0 Å². The van der Waals surface area contributed by atoms with Crippen LogP contribution in [0.1, 0.15) is 36.9 Å². The maximum atomic E-state index is 13.7. The minimum atomic E-state index is -4.62. The van der Waals surface area contributed by atoms with Crippen LogP contribution in [-0.2, 0) is 9.09 Å². The van der Waals surface area contributed by atoms with Crippen molar-refractivity contribution in [3.8, 4) is 28.1 Å². The van der Waals surface area contributed by atoms with Crippen LogP contribution in [0.3, 0.4) is 0 Å². The summed E-state index contributed by atoms with van der Waals surface area (Å²) < 4.78 is 21.8. The van der Waals surface area contributed by atoms with Gasteiger partial charge in [0.15, 0.2) is 12.4 Å². The molecule has 0 saturated carbocycles. The molecule has 0 aliphatic heterocycles. The zero-order chi connectivity index (χ0) is 25.3. The van der Waals surface area contributed by atoms with Crippen molar-refractivity contribution in [2.75, 3.05) is 6.79 Å². The van der Waals surface area contributed by atoms with Crippen LogP contribution in [0.25, 0.3) is 33.6 Å². The van der Waals surface area contributed by atoms with Crippen LogP contribution >= 0.6 is 7.82 Å². The second-order valence-electron chi connectivity index (χ2n) is 8.65. The maximum Gasteiger partial charge on any atom is 0.472 e. The fourth-order valence-corrected chi connectivity index (χ4v) is 4.76. The summed E-state index contributed by atoms with van der Waals surface area (Å²) in [6.07, 6.45) is 6.47. The van der Waals surface area contributed by atoms with Crippen molar-refractivity contribution in [1.82, 2.24) is 14.6 Å². The second-order valence-corrected chi connectivity index (χ2v) is 9.88. The highest BCUT2D eigenvalue weighted by atomic mass is 31.2. The summed E-state index contributed by atoms with van der Waals surface area (Å²) in [5.41, 5.74) is 6.15. The van der Waals surface area contributed by atoms with Crippen molar-refractivity contribution >= 4 is 19.0 Å². The Labute approximate surface area is 207 Å². The van der Waals surface area contributed by atoms with E-state index in [1.807, 2.05) is 37.3 Å². The third-order valence-electron chi connectivity index (χ3n) is 6.23. The number of nitrogens with one attached hydrogen (secondary N) is 1. The molecule has 1 aliphatic rings. The molecule has 4 aromatic rings. The van der Waals surface area contributed by atoms with Gasteiger partial charge in [-0.15, -0.1) is 0 Å². The number of ether oxygens (including phenoxy) is 1. The first-order valence-corrected chi connectivity index (χ1v) is 13.2. The van der Waals surface area contributed by atoms with Crippen molar-refractivity contribution < 1.29 is 23.6 Å². The lowest BCUT2D eigenvalue weighted by Gasteiger charge is -2.14. The Balaban J connectivity index is 1.58. The number of benzene rings is 2. The maximum absolute atomic E-state index is 13.7. The molecular weight excluding hydrogens is 481 g/mol. The average molecular weight is 507 g/mol. The predicted molar refractivity (Wildman–Crippen MR) is 136 cm³/mol. The molecular formula is C26H26N3O6P. The summed E-state index contributed by atoms with van der Waals surface area (Å²) in [6, 6.07) is 16.6. The molecule has 0 atom stereocenters. The molecule has 36 heavy (non-hydrogen) atoms. The summed E-state index contributed by atoms with van der Waals surface area (Å²) in [5, 5.41) is 3.32. The molecule has 0 amide bonds. The molecule has 5 rings (SSSR count). The van der Waals surface area contributed by atoms with Crippen LogP contribution in [0.15, 0.2) is 65.5 Å². The van der Waals surface area contributed by atoms with Crippen molar-refractivity contribution in [2.45, 2.75) is 32.6 Å². The van der Waals surface area contributed by atoms with Gasteiger partial charge in [-0.05, 0) is 55.9 Å². The number of hydrogen-bond donors (Lipinski definition) is 3. The van der Waals surface area contributed by atoms with Gasteiger partial charge in [-0.1, -0.05) is 48.5 Å². The third-order valence-corrected chi connectivity index (χ3v) is 6.67. The van der Waals surface area contributed by atoms with Gasteiger partial charge >= 0.3 is 7.82 Å². The Morgan fingerprint density at radius 2 is 1.78 bits per heavy atom. The van der Waals surface area contributed by atoms with Crippen LogP contribution < -0.4 is 10.3 Å². The van der Waals surface area contributed by atoms with E-state index < -0.39 is 14.6 Å². The number of aryl methyl sites for hydroxylation is 1. The Hall–Kier alpha value is -3.49. The molecule has 1 aliphatic carbocycles. The Bertz CT molecular complexity index is 1530. The lowest BCUT2D eigenvalue weighted by atomic mass is 9.92. The molecule has 10 heteroatoms. The molecule has 2 heterocycles. The number of aromatic amines is 1. The molecule has 0 unspecified atom stereocenters. The van der Waals surface area contributed by atoms with Gasteiger partial charge in [0.2, 0.25) is 0 Å². The summed E-state index contributed by atoms with van der Waals surface area (Å²) in [6.45, 7) is 1.23. The summed E-state index contributed by atoms with van der Waals surface area (Å²) >= 11 is 0. The molecule has 0 fully saturated rings. The normalized spacial score (nSPS) is 14.1. The van der Waals surface area contributed by atoms with Gasteiger partial charge in [0, 0.05) is 11.1 Å². The Kier molecular flexibility index (Phi) is 6.64. The number of hydrogen-bond acceptors (Lipinski definition) is 5. The van der Waals surface area contributed by atoms with E-state index in [4.69, 9.17) is 19.5 Å². The van der Waals surface area contributed by atoms with Crippen LogP contribution in [-0.4, -0.2) is 31.2 Å². The molecule has 9 nitrogen and oxygen atoms in total. The quantitative estimate of drug-likeness (QED) is 0.236. The zero-order valence-electron chi connectivity index (χ0n) is 19.7. The molecule has 0 saturated heterocycles. The van der Waals surface area contributed by atoms with Crippen molar-refractivity contribution in [3.63, 3.8) is 0 Å². The average Bonchev–Trinajstić information content (AvgIpc) is 3.25. The molecule has 0 bridgehead atoms. The standard InChI is InChI=1S/C26H26N3O6P/c1-17-22(19-12-14-21(15-13-19)34-16-35-36(31,32)33)26(30)29-25(27-17)23(18-8-4-2-5-9-18)24(28-29)20-10-6-3-7-11-20/h3,6-8,10-15,28H,2,4-5,9,16H2,1H3,(H2,31,32,33). The lowest BCUT2D eigenvalue weighted by Crippen LogP contribution is -2.19. The SMILES string of the molecule is Cc1nc2c(C3=CCCCC3)c(-c3ccccc3)[nH]n2c(=O)c1-c1ccc(OCOP(=O)(O)O)cc1. The van der Waals surface area contributed by atoms with Gasteiger partial charge < -0.3 is 14.5 Å². The number of H-pyrrole nitrogens is 1. The molecule has 2 aromatic heterocycles. The highest BCUT2D eigenvalue weighted by Gasteiger charge is 2.23. The number of aromatic nitrogens is 3. The Morgan fingerprint density at radius 3 is 2.44 bits per heavy atom. The number of fused-ring (bicyclic) bond motifs is 1. The first-order chi connectivity index (χ1) is 17.3. The van der Waals surface area contributed by atoms with Gasteiger partial charge in [0.1, 0.15) is 5.75 Å². The summed E-state index contributed by atoms with van der Waals surface area (Å²) in [7, 11) is -4.62. The van der Waals surface area contributed by atoms with Crippen molar-refractivity contribution in [1.29, 1.82) is 0 Å².